The lowest BCUT2D eigenvalue weighted by Crippen LogP contribution is -2.38. The van der Waals surface area contributed by atoms with Gasteiger partial charge in [-0.3, -0.25) is 9.59 Å². The molecule has 2 amide bonds. The van der Waals surface area contributed by atoms with Gasteiger partial charge in [-0.2, -0.15) is 0 Å². The maximum Gasteiger partial charge on any atom is 0.254 e. The Bertz CT molecular complexity index is 1070. The summed E-state index contributed by atoms with van der Waals surface area (Å²) in [5, 5.41) is 3.26. The summed E-state index contributed by atoms with van der Waals surface area (Å²) in [5.74, 6) is 2.21. The fourth-order valence-corrected chi connectivity index (χ4v) is 5.30. The molecular formula is C25H32N6O2. The van der Waals surface area contributed by atoms with E-state index >= 15 is 0 Å². The van der Waals surface area contributed by atoms with Gasteiger partial charge in [-0.25, -0.2) is 9.97 Å². The molecule has 1 aromatic heterocycles. The average Bonchev–Trinajstić information content (AvgIpc) is 3.28. The summed E-state index contributed by atoms with van der Waals surface area (Å²) in [7, 11) is 4.05. The zero-order chi connectivity index (χ0) is 22.9. The highest BCUT2D eigenvalue weighted by atomic mass is 16.2. The Morgan fingerprint density at radius 2 is 2.00 bits per heavy atom. The topological polar surface area (TPSA) is 81.7 Å². The Kier molecular flexibility index (Phi) is 6.01. The Hall–Kier alpha value is -3.00. The van der Waals surface area contributed by atoms with E-state index in [1.54, 1.807) is 4.90 Å². The van der Waals surface area contributed by atoms with Gasteiger partial charge in [0, 0.05) is 55.8 Å². The number of carbonyl (C=O) groups excluding carboxylic acids is 2. The van der Waals surface area contributed by atoms with Crippen LogP contribution >= 0.6 is 0 Å². The number of fused-ring (bicyclic) bond motifs is 1. The first kappa shape index (κ1) is 21.8. The molecule has 174 valence electrons. The van der Waals surface area contributed by atoms with Crippen LogP contribution in [0.15, 0.2) is 24.3 Å². The third-order valence-electron chi connectivity index (χ3n) is 7.07. The molecule has 1 unspecified atom stereocenters. The smallest absolute Gasteiger partial charge is 0.254 e. The number of nitrogens with zero attached hydrogens (tertiary/aromatic N) is 5. The number of nitrogens with one attached hydrogen (secondary N) is 1. The molecule has 1 N–H and O–H groups in total. The van der Waals surface area contributed by atoms with Crippen LogP contribution in [-0.2, 0) is 17.8 Å². The van der Waals surface area contributed by atoms with Gasteiger partial charge in [-0.15, -0.1) is 0 Å². The Labute approximate surface area is 195 Å². The van der Waals surface area contributed by atoms with E-state index in [1.165, 1.54) is 0 Å². The highest BCUT2D eigenvalue weighted by Gasteiger charge is 2.29. The van der Waals surface area contributed by atoms with Gasteiger partial charge in [0.05, 0.1) is 12.2 Å². The molecule has 3 aliphatic rings. The third-order valence-corrected chi connectivity index (χ3v) is 7.07. The molecule has 8 nitrogen and oxygen atoms in total. The molecule has 8 heteroatoms. The molecule has 0 radical (unpaired) electrons. The summed E-state index contributed by atoms with van der Waals surface area (Å²) in [6, 6.07) is 7.46. The zero-order valence-electron chi connectivity index (χ0n) is 19.5. The number of hydrogen-bond donors (Lipinski definition) is 1. The highest BCUT2D eigenvalue weighted by molar-refractivity contribution is 5.99. The van der Waals surface area contributed by atoms with Crippen molar-refractivity contribution in [1.82, 2.24) is 19.8 Å². The van der Waals surface area contributed by atoms with Crippen molar-refractivity contribution < 1.29 is 9.59 Å². The van der Waals surface area contributed by atoms with E-state index in [1.807, 2.05) is 36.2 Å². The minimum atomic E-state index is -0.0160. The fraction of sp³-hybridized carbons (Fsp3) is 0.520. The van der Waals surface area contributed by atoms with Crippen molar-refractivity contribution in [3.8, 4) is 0 Å². The van der Waals surface area contributed by atoms with Crippen molar-refractivity contribution >= 4 is 23.3 Å². The molecule has 1 aromatic carbocycles. The SMILES string of the molecule is CNc1nc(C2CCCN(C)C2)nc2c1CCN(C(=O)c1cccc(N3CCCC3=O)c1)C2. The molecule has 2 aromatic rings. The molecule has 33 heavy (non-hydrogen) atoms. The molecule has 4 heterocycles. The molecule has 1 atom stereocenters. The van der Waals surface area contributed by atoms with Crippen molar-refractivity contribution in [2.24, 2.45) is 0 Å². The van der Waals surface area contributed by atoms with E-state index in [9.17, 15) is 9.59 Å². The van der Waals surface area contributed by atoms with Crippen molar-refractivity contribution in [3.05, 3.63) is 46.9 Å². The van der Waals surface area contributed by atoms with Crippen molar-refractivity contribution in [1.29, 1.82) is 0 Å². The Morgan fingerprint density at radius 3 is 2.76 bits per heavy atom. The summed E-state index contributed by atoms with van der Waals surface area (Å²) in [6.07, 6.45) is 4.42. The predicted molar refractivity (Wildman–Crippen MR) is 128 cm³/mol. The summed E-state index contributed by atoms with van der Waals surface area (Å²) >= 11 is 0. The number of anilines is 2. The number of hydrogen-bond acceptors (Lipinski definition) is 6. The number of carbonyl (C=O) groups is 2. The molecule has 2 saturated heterocycles. The van der Waals surface area contributed by atoms with Crippen LogP contribution in [0.4, 0.5) is 11.5 Å². The Balaban J connectivity index is 1.38. The van der Waals surface area contributed by atoms with Gasteiger partial charge in [0.1, 0.15) is 11.6 Å². The van der Waals surface area contributed by atoms with Crippen LogP contribution in [0.5, 0.6) is 0 Å². The third kappa shape index (κ3) is 4.31. The lowest BCUT2D eigenvalue weighted by molar-refractivity contribution is -0.117. The van der Waals surface area contributed by atoms with Crippen molar-refractivity contribution in [3.63, 3.8) is 0 Å². The second-order valence-corrected chi connectivity index (χ2v) is 9.38. The van der Waals surface area contributed by atoms with E-state index in [2.05, 4.69) is 17.3 Å². The van der Waals surface area contributed by atoms with E-state index < -0.39 is 0 Å². The molecule has 0 aliphatic carbocycles. The van der Waals surface area contributed by atoms with Crippen LogP contribution in [0.2, 0.25) is 0 Å². The monoisotopic (exact) mass is 448 g/mol. The normalized spacial score (nSPS) is 21.3. The summed E-state index contributed by atoms with van der Waals surface area (Å²) in [4.78, 5) is 41.4. The summed E-state index contributed by atoms with van der Waals surface area (Å²) < 4.78 is 0. The first-order chi connectivity index (χ1) is 16.0. The number of likely N-dealkylation sites (N-methyl/N-ethyl adjacent to an activating group) is 1. The molecule has 5 rings (SSSR count). The second kappa shape index (κ2) is 9.09. The van der Waals surface area contributed by atoms with Gasteiger partial charge in [-0.05, 0) is 57.5 Å². The number of aromatic nitrogens is 2. The molecule has 2 fully saturated rings. The van der Waals surface area contributed by atoms with Crippen molar-refractivity contribution in [2.45, 2.75) is 44.6 Å². The van der Waals surface area contributed by atoms with Crippen LogP contribution in [0, 0.1) is 0 Å². The lowest BCUT2D eigenvalue weighted by Gasteiger charge is -2.32. The maximum atomic E-state index is 13.4. The first-order valence-electron chi connectivity index (χ1n) is 12.0. The highest BCUT2D eigenvalue weighted by Crippen LogP contribution is 2.30. The molecular weight excluding hydrogens is 416 g/mol. The van der Waals surface area contributed by atoms with Gasteiger partial charge in [-0.1, -0.05) is 6.07 Å². The van der Waals surface area contributed by atoms with Crippen LogP contribution in [0.3, 0.4) is 0 Å². The number of amides is 2. The number of rotatable bonds is 4. The van der Waals surface area contributed by atoms with E-state index in [-0.39, 0.29) is 11.8 Å². The van der Waals surface area contributed by atoms with Crippen LogP contribution in [0.25, 0.3) is 0 Å². The van der Waals surface area contributed by atoms with Gasteiger partial charge in [0.2, 0.25) is 5.91 Å². The van der Waals surface area contributed by atoms with Crippen LogP contribution in [0.1, 0.15) is 59.0 Å². The molecule has 0 bridgehead atoms. The zero-order valence-corrected chi connectivity index (χ0v) is 19.5. The number of likely N-dealkylation sites (tertiary alicyclic amines) is 1. The standard InChI is InChI=1S/C25H32N6O2/c1-26-24-20-10-13-30(16-21(20)27-23(28-24)18-7-4-11-29(2)15-18)25(33)17-6-3-8-19(14-17)31-12-5-9-22(31)32/h3,6,8,14,18H,4-5,7,9-13,15-16H2,1-2H3,(H,26,27,28). The van der Waals surface area contributed by atoms with E-state index in [4.69, 9.17) is 9.97 Å². The van der Waals surface area contributed by atoms with Gasteiger partial charge < -0.3 is 20.0 Å². The molecule has 3 aliphatic heterocycles. The fourth-order valence-electron chi connectivity index (χ4n) is 5.30. The quantitative estimate of drug-likeness (QED) is 0.775. The van der Waals surface area contributed by atoms with Crippen LogP contribution < -0.4 is 10.2 Å². The minimum Gasteiger partial charge on any atom is -0.373 e. The summed E-state index contributed by atoms with van der Waals surface area (Å²) in [5.41, 5.74) is 3.49. The largest absolute Gasteiger partial charge is 0.373 e. The van der Waals surface area contributed by atoms with Crippen LogP contribution in [-0.4, -0.2) is 71.9 Å². The van der Waals surface area contributed by atoms with E-state index in [0.29, 0.717) is 31.0 Å². The average molecular weight is 449 g/mol. The van der Waals surface area contributed by atoms with Gasteiger partial charge in [0.25, 0.3) is 5.91 Å². The molecule has 0 saturated carbocycles. The maximum absolute atomic E-state index is 13.4. The second-order valence-electron chi connectivity index (χ2n) is 9.38. The Morgan fingerprint density at radius 1 is 1.12 bits per heavy atom. The van der Waals surface area contributed by atoms with Gasteiger partial charge >= 0.3 is 0 Å². The minimum absolute atomic E-state index is 0.0160. The predicted octanol–water partition coefficient (Wildman–Crippen LogP) is 2.65. The van der Waals surface area contributed by atoms with E-state index in [0.717, 1.165) is 73.9 Å². The lowest BCUT2D eigenvalue weighted by atomic mass is 9.96. The first-order valence-corrected chi connectivity index (χ1v) is 12.0. The summed E-state index contributed by atoms with van der Waals surface area (Å²) in [6.45, 7) is 3.91. The van der Waals surface area contributed by atoms with Gasteiger partial charge in [0.15, 0.2) is 0 Å². The number of piperidine rings is 1. The number of benzene rings is 1. The molecule has 0 spiro atoms. The van der Waals surface area contributed by atoms with Crippen molar-refractivity contribution in [2.75, 3.05) is 50.5 Å².